The SMILES string of the molecule is CC(C)c1ccc(OC2CCN(C(C)C)C2)cc1. The molecule has 1 saturated heterocycles. The van der Waals surface area contributed by atoms with Crippen molar-refractivity contribution in [1.82, 2.24) is 4.90 Å². The Bertz CT molecular complexity index is 369. The summed E-state index contributed by atoms with van der Waals surface area (Å²) < 4.78 is 6.05. The maximum absolute atomic E-state index is 6.05. The molecule has 0 spiro atoms. The van der Waals surface area contributed by atoms with E-state index in [1.165, 1.54) is 5.56 Å². The van der Waals surface area contributed by atoms with Crippen molar-refractivity contribution >= 4 is 0 Å². The molecule has 0 N–H and O–H groups in total. The highest BCUT2D eigenvalue weighted by Crippen LogP contribution is 2.22. The summed E-state index contributed by atoms with van der Waals surface area (Å²) in [5, 5.41) is 0. The molecule has 0 aromatic heterocycles. The van der Waals surface area contributed by atoms with E-state index in [1.807, 2.05) is 0 Å². The van der Waals surface area contributed by atoms with E-state index in [0.29, 0.717) is 18.1 Å². The highest BCUT2D eigenvalue weighted by atomic mass is 16.5. The summed E-state index contributed by atoms with van der Waals surface area (Å²) in [5.41, 5.74) is 1.37. The van der Waals surface area contributed by atoms with Crippen molar-refractivity contribution in [2.24, 2.45) is 0 Å². The molecule has 1 aromatic carbocycles. The first-order valence-electron chi connectivity index (χ1n) is 7.07. The number of benzene rings is 1. The summed E-state index contributed by atoms with van der Waals surface area (Å²) in [6, 6.07) is 9.19. The number of nitrogens with zero attached hydrogens (tertiary/aromatic N) is 1. The van der Waals surface area contributed by atoms with Crippen LogP contribution in [0.1, 0.15) is 45.6 Å². The van der Waals surface area contributed by atoms with Crippen molar-refractivity contribution in [3.8, 4) is 5.75 Å². The van der Waals surface area contributed by atoms with Crippen LogP contribution in [0.5, 0.6) is 5.75 Å². The van der Waals surface area contributed by atoms with Gasteiger partial charge in [0.25, 0.3) is 0 Å². The van der Waals surface area contributed by atoms with Gasteiger partial charge < -0.3 is 4.74 Å². The molecule has 100 valence electrons. The molecular weight excluding hydrogens is 222 g/mol. The van der Waals surface area contributed by atoms with Crippen molar-refractivity contribution in [3.63, 3.8) is 0 Å². The molecule has 0 radical (unpaired) electrons. The van der Waals surface area contributed by atoms with Crippen molar-refractivity contribution < 1.29 is 4.74 Å². The lowest BCUT2D eigenvalue weighted by Crippen LogP contribution is -2.30. The van der Waals surface area contributed by atoms with Gasteiger partial charge in [0.1, 0.15) is 11.9 Å². The molecule has 18 heavy (non-hydrogen) atoms. The second kappa shape index (κ2) is 5.75. The Labute approximate surface area is 111 Å². The van der Waals surface area contributed by atoms with E-state index in [4.69, 9.17) is 4.74 Å². The second-order valence-corrected chi connectivity index (χ2v) is 5.84. The third-order valence-corrected chi connectivity index (χ3v) is 3.76. The smallest absolute Gasteiger partial charge is 0.119 e. The molecule has 1 aromatic rings. The number of rotatable bonds is 4. The van der Waals surface area contributed by atoms with Gasteiger partial charge in [-0.25, -0.2) is 0 Å². The van der Waals surface area contributed by atoms with Gasteiger partial charge in [-0.3, -0.25) is 4.90 Å². The molecule has 0 bridgehead atoms. The summed E-state index contributed by atoms with van der Waals surface area (Å²) >= 11 is 0. The fourth-order valence-electron chi connectivity index (χ4n) is 2.44. The minimum Gasteiger partial charge on any atom is -0.489 e. The van der Waals surface area contributed by atoms with Gasteiger partial charge >= 0.3 is 0 Å². The summed E-state index contributed by atoms with van der Waals surface area (Å²) in [5.74, 6) is 1.59. The summed E-state index contributed by atoms with van der Waals surface area (Å²) in [6.07, 6.45) is 1.50. The average molecular weight is 247 g/mol. The number of ether oxygens (including phenoxy) is 1. The molecule has 1 heterocycles. The zero-order chi connectivity index (χ0) is 13.1. The van der Waals surface area contributed by atoms with Crippen LogP contribution in [0.3, 0.4) is 0 Å². The van der Waals surface area contributed by atoms with Crippen LogP contribution in [0, 0.1) is 0 Å². The lowest BCUT2D eigenvalue weighted by molar-refractivity contribution is 0.187. The maximum atomic E-state index is 6.05. The summed E-state index contributed by atoms with van der Waals surface area (Å²) in [7, 11) is 0. The number of likely N-dealkylation sites (tertiary alicyclic amines) is 1. The Morgan fingerprint density at radius 1 is 1.11 bits per heavy atom. The van der Waals surface area contributed by atoms with E-state index in [0.717, 1.165) is 25.3 Å². The Morgan fingerprint density at radius 2 is 1.78 bits per heavy atom. The van der Waals surface area contributed by atoms with E-state index >= 15 is 0 Å². The molecule has 0 amide bonds. The predicted octanol–water partition coefficient (Wildman–Crippen LogP) is 3.67. The molecule has 0 aliphatic carbocycles. The lowest BCUT2D eigenvalue weighted by Gasteiger charge is -2.20. The molecule has 2 rings (SSSR count). The molecule has 1 aliphatic heterocycles. The average Bonchev–Trinajstić information content (AvgIpc) is 2.78. The van der Waals surface area contributed by atoms with Crippen LogP contribution in [0.2, 0.25) is 0 Å². The van der Waals surface area contributed by atoms with Gasteiger partial charge in [-0.15, -0.1) is 0 Å². The van der Waals surface area contributed by atoms with E-state index in [-0.39, 0.29) is 0 Å². The maximum Gasteiger partial charge on any atom is 0.119 e. The monoisotopic (exact) mass is 247 g/mol. The van der Waals surface area contributed by atoms with Crippen LogP contribution in [0.25, 0.3) is 0 Å². The summed E-state index contributed by atoms with van der Waals surface area (Å²) in [4.78, 5) is 2.48. The first-order chi connectivity index (χ1) is 8.56. The first-order valence-corrected chi connectivity index (χ1v) is 7.07. The van der Waals surface area contributed by atoms with Gasteiger partial charge in [-0.05, 0) is 43.9 Å². The van der Waals surface area contributed by atoms with Crippen LogP contribution >= 0.6 is 0 Å². The Kier molecular flexibility index (Phi) is 4.28. The fourth-order valence-corrected chi connectivity index (χ4v) is 2.44. The zero-order valence-electron chi connectivity index (χ0n) is 12.0. The van der Waals surface area contributed by atoms with Crippen molar-refractivity contribution in [1.29, 1.82) is 0 Å². The molecule has 2 heteroatoms. The van der Waals surface area contributed by atoms with Crippen molar-refractivity contribution in [3.05, 3.63) is 29.8 Å². The van der Waals surface area contributed by atoms with Gasteiger partial charge in [0.2, 0.25) is 0 Å². The fraction of sp³-hybridized carbons (Fsp3) is 0.625. The molecule has 1 unspecified atom stereocenters. The Morgan fingerprint density at radius 3 is 2.28 bits per heavy atom. The minimum atomic E-state index is 0.359. The second-order valence-electron chi connectivity index (χ2n) is 5.84. The molecule has 1 atom stereocenters. The van der Waals surface area contributed by atoms with Gasteiger partial charge in [0.05, 0.1) is 0 Å². The molecular formula is C16H25NO. The lowest BCUT2D eigenvalue weighted by atomic mass is 10.0. The largest absolute Gasteiger partial charge is 0.489 e. The zero-order valence-corrected chi connectivity index (χ0v) is 12.0. The predicted molar refractivity (Wildman–Crippen MR) is 76.3 cm³/mol. The molecule has 1 fully saturated rings. The van der Waals surface area contributed by atoms with Gasteiger partial charge in [-0.1, -0.05) is 26.0 Å². The van der Waals surface area contributed by atoms with E-state index in [2.05, 4.69) is 56.9 Å². The van der Waals surface area contributed by atoms with E-state index in [9.17, 15) is 0 Å². The van der Waals surface area contributed by atoms with Crippen molar-refractivity contribution in [2.45, 2.75) is 52.2 Å². The van der Waals surface area contributed by atoms with E-state index in [1.54, 1.807) is 0 Å². The third-order valence-electron chi connectivity index (χ3n) is 3.76. The molecule has 2 nitrogen and oxygen atoms in total. The number of hydrogen-bond donors (Lipinski definition) is 0. The standard InChI is InChI=1S/C16H25NO/c1-12(2)14-5-7-15(8-6-14)18-16-9-10-17(11-16)13(3)4/h5-8,12-13,16H,9-11H2,1-4H3. The van der Waals surface area contributed by atoms with Crippen LogP contribution in [-0.4, -0.2) is 30.1 Å². The quantitative estimate of drug-likeness (QED) is 0.805. The minimum absolute atomic E-state index is 0.359. The first kappa shape index (κ1) is 13.4. The Hall–Kier alpha value is -1.02. The van der Waals surface area contributed by atoms with Crippen LogP contribution in [-0.2, 0) is 0 Å². The molecule has 1 aliphatic rings. The topological polar surface area (TPSA) is 12.5 Å². The van der Waals surface area contributed by atoms with Crippen molar-refractivity contribution in [2.75, 3.05) is 13.1 Å². The van der Waals surface area contributed by atoms with Crippen LogP contribution in [0.15, 0.2) is 24.3 Å². The van der Waals surface area contributed by atoms with Gasteiger partial charge in [0, 0.05) is 19.1 Å². The highest BCUT2D eigenvalue weighted by Gasteiger charge is 2.25. The third kappa shape index (κ3) is 3.26. The van der Waals surface area contributed by atoms with Gasteiger partial charge in [0.15, 0.2) is 0 Å². The molecule has 0 saturated carbocycles. The Balaban J connectivity index is 1.90. The van der Waals surface area contributed by atoms with Crippen LogP contribution in [0.4, 0.5) is 0 Å². The number of hydrogen-bond acceptors (Lipinski definition) is 2. The van der Waals surface area contributed by atoms with E-state index < -0.39 is 0 Å². The highest BCUT2D eigenvalue weighted by molar-refractivity contribution is 5.29. The van der Waals surface area contributed by atoms with Gasteiger partial charge in [-0.2, -0.15) is 0 Å². The van der Waals surface area contributed by atoms with Crippen LogP contribution < -0.4 is 4.74 Å². The normalized spacial score (nSPS) is 20.9. The summed E-state index contributed by atoms with van der Waals surface area (Å²) in [6.45, 7) is 11.1.